The molecule has 2 aliphatic rings. The smallest absolute Gasteiger partial charge is 0.129 e. The summed E-state index contributed by atoms with van der Waals surface area (Å²) in [5.74, 6) is 0. The predicted molar refractivity (Wildman–Crippen MR) is 428 cm³/mol. The fourth-order valence-electron chi connectivity index (χ4n) is 17.4. The molecule has 0 saturated heterocycles. The Bertz CT molecular complexity index is 5690. The fourth-order valence-corrected chi connectivity index (χ4v) is 18.0. The SMILES string of the molecule is Cc1cc(C)c(-c2ccc(-c3ccc4c(c3)c3cc(-c5ccc(-c6c(C)cc(C)cc6C)cc5)ccc3n4-c3ccc(-c4ccc(N(c5ccc(-c6ccc7c(c6)C(C)(C)c6ccccc6-7)cc5)c5ccc(-c6ccc7c(c6)C(C)(C)c6ccccc6-7)cc5)c5nsnc45)cc3)cc2)c(C)c1. The Morgan fingerprint density at radius 1 is 0.297 bits per heavy atom. The number of nitrogens with zero attached hydrogens (tertiary/aromatic N) is 4. The van der Waals surface area contributed by atoms with E-state index in [1.54, 1.807) is 0 Å². The lowest BCUT2D eigenvalue weighted by molar-refractivity contribution is 0.660. The van der Waals surface area contributed by atoms with E-state index >= 15 is 0 Å². The minimum absolute atomic E-state index is 0.0944. The molecule has 0 bridgehead atoms. The number of rotatable bonds is 11. The van der Waals surface area contributed by atoms with E-state index in [0.717, 1.165) is 55.9 Å². The number of aromatic nitrogens is 3. The van der Waals surface area contributed by atoms with Crippen LogP contribution in [0.4, 0.5) is 17.1 Å². The summed E-state index contributed by atoms with van der Waals surface area (Å²) in [5.41, 5.74) is 43.3. The summed E-state index contributed by atoms with van der Waals surface area (Å²) in [5, 5.41) is 2.41. The third-order valence-corrected chi connectivity index (χ3v) is 22.8. The lowest BCUT2D eigenvalue weighted by atomic mass is 9.81. The first kappa shape index (κ1) is 61.8. The van der Waals surface area contributed by atoms with E-state index in [9.17, 15) is 0 Å². The number of hydrogen-bond donors (Lipinski definition) is 0. The van der Waals surface area contributed by atoms with Gasteiger partial charge in [-0.25, -0.2) is 0 Å². The molecule has 0 amide bonds. The Morgan fingerprint density at radius 3 is 1.09 bits per heavy atom. The molecule has 0 unspecified atom stereocenters. The summed E-state index contributed by atoms with van der Waals surface area (Å²) in [6.07, 6.45) is 0. The standard InChI is InChI=1S/C96H76N4S/c1-57-49-59(3)91(60(4)50-57)68-23-19-63(20-24-68)70-35-46-88-82(53-70)83-54-71(64-21-25-69(26-22-64)92-61(5)51-58(2)52-62(92)6)36-47-89(83)100(88)76-41-31-67(32-42-76)77-45-48-90(94-93(77)97-101-98-94)99(74-37-27-65(28-38-74)72-33-43-80-78-15-11-13-17-84(78)95(7,8)86(80)55-72)75-39-29-66(30-40-75)73-34-44-81-79-16-12-14-18-85(79)96(9,10)87(81)56-73/h11-56H,1-10H3. The second-order valence-corrected chi connectivity index (χ2v) is 30.0. The third-order valence-electron chi connectivity index (χ3n) is 22.3. The van der Waals surface area contributed by atoms with Gasteiger partial charge in [-0.2, -0.15) is 8.75 Å². The van der Waals surface area contributed by atoms with E-state index in [4.69, 9.17) is 8.75 Å². The van der Waals surface area contributed by atoms with Crippen molar-refractivity contribution in [2.45, 2.75) is 80.1 Å². The molecular weight excluding hydrogens is 1240 g/mol. The third kappa shape index (κ3) is 10.1. The largest absolute Gasteiger partial charge is 0.309 e. The minimum atomic E-state index is -0.0944. The molecule has 2 heterocycles. The highest BCUT2D eigenvalue weighted by molar-refractivity contribution is 7.00. The highest BCUT2D eigenvalue weighted by atomic mass is 32.1. The van der Waals surface area contributed by atoms with Crippen LogP contribution in [-0.2, 0) is 10.8 Å². The Hall–Kier alpha value is -11.5. The zero-order valence-corrected chi connectivity index (χ0v) is 59.6. The van der Waals surface area contributed by atoms with Crippen molar-refractivity contribution < 1.29 is 0 Å². The highest BCUT2D eigenvalue weighted by Crippen LogP contribution is 2.52. The van der Waals surface area contributed by atoms with Crippen LogP contribution in [0.5, 0.6) is 0 Å². The van der Waals surface area contributed by atoms with Gasteiger partial charge < -0.3 is 9.47 Å². The molecule has 0 saturated carbocycles. The molecule has 5 heteroatoms. The van der Waals surface area contributed by atoms with Gasteiger partial charge in [0.05, 0.1) is 28.4 Å². The van der Waals surface area contributed by atoms with Crippen LogP contribution in [0.1, 0.15) is 83.3 Å². The Kier molecular flexibility index (Phi) is 14.4. The summed E-state index contributed by atoms with van der Waals surface area (Å²) < 4.78 is 12.7. The van der Waals surface area contributed by atoms with Crippen LogP contribution < -0.4 is 4.90 Å². The molecule has 0 fully saturated rings. The van der Waals surface area contributed by atoms with Gasteiger partial charge in [-0.3, -0.25) is 0 Å². The molecule has 0 spiro atoms. The molecule has 0 radical (unpaired) electrons. The van der Waals surface area contributed by atoms with Gasteiger partial charge in [0.1, 0.15) is 11.0 Å². The van der Waals surface area contributed by atoms with Crippen molar-refractivity contribution in [2.75, 3.05) is 4.90 Å². The van der Waals surface area contributed by atoms with Crippen LogP contribution in [0.25, 0.3) is 139 Å². The number of aryl methyl sites for hydroxylation is 6. The molecular formula is C96H76N4S. The van der Waals surface area contributed by atoms with E-state index in [2.05, 4.69) is 358 Å². The highest BCUT2D eigenvalue weighted by Gasteiger charge is 2.37. The van der Waals surface area contributed by atoms with Crippen LogP contribution in [0.3, 0.4) is 0 Å². The van der Waals surface area contributed by atoms with Crippen molar-refractivity contribution in [3.63, 3.8) is 0 Å². The molecule has 101 heavy (non-hydrogen) atoms. The van der Waals surface area contributed by atoms with Crippen molar-refractivity contribution in [3.8, 4) is 106 Å². The molecule has 0 aliphatic heterocycles. The second kappa shape index (κ2) is 23.6. The van der Waals surface area contributed by atoms with Crippen molar-refractivity contribution in [1.82, 2.24) is 13.3 Å². The van der Waals surface area contributed by atoms with Crippen molar-refractivity contribution >= 4 is 61.6 Å². The average Bonchev–Trinajstić information content (AvgIpc) is 1.60. The van der Waals surface area contributed by atoms with Gasteiger partial charge in [-0.05, 0) is 266 Å². The Balaban J connectivity index is 0.711. The summed E-state index contributed by atoms with van der Waals surface area (Å²) in [7, 11) is 0. The molecule has 0 N–H and O–H groups in total. The number of anilines is 3. The van der Waals surface area contributed by atoms with Gasteiger partial charge >= 0.3 is 0 Å². The van der Waals surface area contributed by atoms with Crippen LogP contribution >= 0.6 is 11.7 Å². The molecule has 18 rings (SSSR count). The minimum Gasteiger partial charge on any atom is -0.309 e. The fraction of sp³-hybridized carbons (Fsp3) is 0.125. The average molecular weight is 1320 g/mol. The molecule has 2 aromatic heterocycles. The Labute approximate surface area is 596 Å². The zero-order valence-electron chi connectivity index (χ0n) is 58.8. The maximum atomic E-state index is 5.16. The number of benzene rings is 14. The molecule has 2 aliphatic carbocycles. The summed E-state index contributed by atoms with van der Waals surface area (Å²) in [6.45, 7) is 22.7. The van der Waals surface area contributed by atoms with E-state index in [1.165, 1.54) is 167 Å². The molecule has 14 aromatic carbocycles. The van der Waals surface area contributed by atoms with Crippen LogP contribution in [0.2, 0.25) is 0 Å². The van der Waals surface area contributed by atoms with Gasteiger partial charge in [-0.15, -0.1) is 0 Å². The normalized spacial score (nSPS) is 13.2. The predicted octanol–water partition coefficient (Wildman–Crippen LogP) is 26.4. The maximum absolute atomic E-state index is 5.16. The van der Waals surface area contributed by atoms with Gasteiger partial charge in [0.2, 0.25) is 0 Å². The zero-order chi connectivity index (χ0) is 68.7. The van der Waals surface area contributed by atoms with Gasteiger partial charge in [0, 0.05) is 44.2 Å². The van der Waals surface area contributed by atoms with E-state index in [0.29, 0.717) is 0 Å². The first-order valence-corrected chi connectivity index (χ1v) is 36.1. The van der Waals surface area contributed by atoms with Gasteiger partial charge in [-0.1, -0.05) is 233 Å². The van der Waals surface area contributed by atoms with Gasteiger partial charge in [0.15, 0.2) is 0 Å². The first-order chi connectivity index (χ1) is 49.0. The monoisotopic (exact) mass is 1320 g/mol. The van der Waals surface area contributed by atoms with E-state index in [1.807, 2.05) is 0 Å². The van der Waals surface area contributed by atoms with Crippen LogP contribution in [0, 0.1) is 41.5 Å². The van der Waals surface area contributed by atoms with Crippen molar-refractivity contribution in [3.05, 3.63) is 335 Å². The molecule has 4 nitrogen and oxygen atoms in total. The van der Waals surface area contributed by atoms with E-state index in [-0.39, 0.29) is 10.8 Å². The molecule has 0 atom stereocenters. The topological polar surface area (TPSA) is 34.0 Å². The van der Waals surface area contributed by atoms with Gasteiger partial charge in [0.25, 0.3) is 0 Å². The first-order valence-electron chi connectivity index (χ1n) is 35.3. The van der Waals surface area contributed by atoms with E-state index < -0.39 is 0 Å². The van der Waals surface area contributed by atoms with Crippen molar-refractivity contribution in [2.24, 2.45) is 0 Å². The summed E-state index contributed by atoms with van der Waals surface area (Å²) in [6, 6.07) is 105. The van der Waals surface area contributed by atoms with Crippen molar-refractivity contribution in [1.29, 1.82) is 0 Å². The lowest BCUT2D eigenvalue weighted by Gasteiger charge is -2.26. The maximum Gasteiger partial charge on any atom is 0.129 e. The Morgan fingerprint density at radius 2 is 0.644 bits per heavy atom. The quantitative estimate of drug-likeness (QED) is 0.129. The molecule has 16 aromatic rings. The number of fused-ring (bicyclic) bond motifs is 10. The van der Waals surface area contributed by atoms with Crippen LogP contribution in [-0.4, -0.2) is 13.3 Å². The van der Waals surface area contributed by atoms with Crippen LogP contribution in [0.15, 0.2) is 279 Å². The molecule has 486 valence electrons. The number of hydrogen-bond acceptors (Lipinski definition) is 4. The summed E-state index contributed by atoms with van der Waals surface area (Å²) >= 11 is 1.27. The second-order valence-electron chi connectivity index (χ2n) is 29.4. The lowest BCUT2D eigenvalue weighted by Crippen LogP contribution is -2.14. The summed E-state index contributed by atoms with van der Waals surface area (Å²) in [4.78, 5) is 2.36.